The van der Waals surface area contributed by atoms with Crippen LogP contribution in [0.25, 0.3) is 0 Å². The standard InChI is InChI=1S/C26H39N5O9/c1-14(2)22(25(38)30-20(26(39)40)12-16-7-9-17(33)10-8-16)31-24(37)19(13-21(34)35)29-23(36)18(28-15(3)32)6-4-5-11-27/h7-10,14,18-20,22,33H,4-6,11-13,27H2,1-3H3,(H,28,32)(H,29,36)(H,30,38)(H,31,37)(H,34,35)(H,39,40)/t18-,19-,20?,22-/m0/s1. The van der Waals surface area contributed by atoms with Crippen molar-refractivity contribution in [2.75, 3.05) is 6.54 Å². The van der Waals surface area contributed by atoms with Gasteiger partial charge < -0.3 is 42.3 Å². The van der Waals surface area contributed by atoms with Gasteiger partial charge in [-0.3, -0.25) is 24.0 Å². The lowest BCUT2D eigenvalue weighted by atomic mass is 10.0. The van der Waals surface area contributed by atoms with Crippen molar-refractivity contribution in [3.05, 3.63) is 29.8 Å². The van der Waals surface area contributed by atoms with E-state index in [1.54, 1.807) is 13.8 Å². The van der Waals surface area contributed by atoms with Crippen LogP contribution in [0.15, 0.2) is 24.3 Å². The molecule has 40 heavy (non-hydrogen) atoms. The normalized spacial score (nSPS) is 13.8. The molecule has 0 bridgehead atoms. The molecule has 9 N–H and O–H groups in total. The lowest BCUT2D eigenvalue weighted by Crippen LogP contribution is -2.59. The van der Waals surface area contributed by atoms with Gasteiger partial charge in [0.25, 0.3) is 0 Å². The first kappa shape index (κ1) is 33.8. The summed E-state index contributed by atoms with van der Waals surface area (Å²) >= 11 is 0. The molecule has 0 saturated heterocycles. The molecule has 4 atom stereocenters. The number of aromatic hydroxyl groups is 1. The molecule has 1 rings (SSSR count). The maximum absolute atomic E-state index is 13.1. The second-order valence-corrected chi connectivity index (χ2v) is 9.70. The van der Waals surface area contributed by atoms with E-state index in [0.29, 0.717) is 24.9 Å². The van der Waals surface area contributed by atoms with Crippen LogP contribution in [0, 0.1) is 5.92 Å². The summed E-state index contributed by atoms with van der Waals surface area (Å²) in [5.41, 5.74) is 6.00. The van der Waals surface area contributed by atoms with Crippen LogP contribution in [0.5, 0.6) is 5.75 Å². The molecular formula is C26H39N5O9. The Balaban J connectivity index is 3.03. The fourth-order valence-corrected chi connectivity index (χ4v) is 3.78. The highest BCUT2D eigenvalue weighted by molar-refractivity contribution is 5.96. The van der Waals surface area contributed by atoms with Crippen LogP contribution < -0.4 is 27.0 Å². The molecule has 0 spiro atoms. The minimum atomic E-state index is -1.59. The first-order chi connectivity index (χ1) is 18.7. The van der Waals surface area contributed by atoms with Crippen molar-refractivity contribution in [2.45, 2.75) is 77.0 Å². The van der Waals surface area contributed by atoms with Crippen LogP contribution in [0.3, 0.4) is 0 Å². The van der Waals surface area contributed by atoms with Gasteiger partial charge in [-0.05, 0) is 49.4 Å². The molecule has 1 unspecified atom stereocenters. The van der Waals surface area contributed by atoms with Crippen molar-refractivity contribution < 1.29 is 44.1 Å². The molecule has 1 aromatic rings. The van der Waals surface area contributed by atoms with Crippen LogP contribution in [0.4, 0.5) is 0 Å². The summed E-state index contributed by atoms with van der Waals surface area (Å²) in [6.45, 7) is 4.77. The lowest BCUT2D eigenvalue weighted by molar-refractivity contribution is -0.143. The van der Waals surface area contributed by atoms with Gasteiger partial charge in [-0.1, -0.05) is 26.0 Å². The van der Waals surface area contributed by atoms with Gasteiger partial charge in [0, 0.05) is 13.3 Å². The maximum Gasteiger partial charge on any atom is 0.326 e. The number of phenols is 1. The predicted octanol–water partition coefficient (Wildman–Crippen LogP) is -0.762. The van der Waals surface area contributed by atoms with Crippen molar-refractivity contribution in [1.82, 2.24) is 21.3 Å². The topological polar surface area (TPSA) is 237 Å². The summed E-state index contributed by atoms with van der Waals surface area (Å²) < 4.78 is 0. The highest BCUT2D eigenvalue weighted by Gasteiger charge is 2.33. The summed E-state index contributed by atoms with van der Waals surface area (Å²) in [6, 6.07) is 0.503. The molecule has 0 saturated carbocycles. The van der Waals surface area contributed by atoms with Gasteiger partial charge in [-0.15, -0.1) is 0 Å². The van der Waals surface area contributed by atoms with Gasteiger partial charge in [-0.25, -0.2) is 4.79 Å². The minimum Gasteiger partial charge on any atom is -0.508 e. The van der Waals surface area contributed by atoms with Gasteiger partial charge in [0.15, 0.2) is 0 Å². The average molecular weight is 566 g/mol. The number of benzene rings is 1. The zero-order chi connectivity index (χ0) is 30.4. The number of nitrogens with one attached hydrogen (secondary N) is 4. The number of phenolic OH excluding ortho intramolecular Hbond substituents is 1. The van der Waals surface area contributed by atoms with Gasteiger partial charge in [0.1, 0.15) is 29.9 Å². The molecule has 0 radical (unpaired) electrons. The molecule has 14 heteroatoms. The third-order valence-corrected chi connectivity index (χ3v) is 5.89. The molecule has 0 aromatic heterocycles. The van der Waals surface area contributed by atoms with Crippen LogP contribution in [0.1, 0.15) is 52.0 Å². The summed E-state index contributed by atoms with van der Waals surface area (Å²) in [4.78, 5) is 73.8. The molecule has 0 heterocycles. The van der Waals surface area contributed by atoms with E-state index in [-0.39, 0.29) is 18.6 Å². The van der Waals surface area contributed by atoms with Crippen molar-refractivity contribution in [3.8, 4) is 5.75 Å². The SMILES string of the molecule is CC(=O)N[C@@H](CCCCN)C(=O)N[C@@H](CC(=O)O)C(=O)N[C@H](C(=O)NC(Cc1ccc(O)cc1)C(=O)O)C(C)C. The second kappa shape index (κ2) is 16.7. The fourth-order valence-electron chi connectivity index (χ4n) is 3.78. The van der Waals surface area contributed by atoms with Crippen molar-refractivity contribution in [2.24, 2.45) is 11.7 Å². The van der Waals surface area contributed by atoms with Crippen LogP contribution in [0.2, 0.25) is 0 Å². The Morgan fingerprint density at radius 2 is 1.38 bits per heavy atom. The van der Waals surface area contributed by atoms with Crippen LogP contribution in [-0.2, 0) is 35.2 Å². The number of carboxylic acid groups (broad SMARTS) is 2. The molecule has 0 aliphatic carbocycles. The van der Waals surface area contributed by atoms with Crippen LogP contribution >= 0.6 is 0 Å². The predicted molar refractivity (Wildman–Crippen MR) is 143 cm³/mol. The molecular weight excluding hydrogens is 526 g/mol. The first-order valence-corrected chi connectivity index (χ1v) is 12.9. The van der Waals surface area contributed by atoms with E-state index < -0.39 is 72.1 Å². The van der Waals surface area contributed by atoms with Crippen molar-refractivity contribution in [3.63, 3.8) is 0 Å². The van der Waals surface area contributed by atoms with E-state index >= 15 is 0 Å². The Morgan fingerprint density at radius 3 is 1.88 bits per heavy atom. The minimum absolute atomic E-state index is 0.00999. The molecule has 0 aliphatic rings. The number of hydrogen-bond donors (Lipinski definition) is 8. The number of rotatable bonds is 17. The molecule has 1 aromatic carbocycles. The molecule has 4 amide bonds. The summed E-state index contributed by atoms with van der Waals surface area (Å²) in [6.07, 6.45) is 0.371. The van der Waals surface area contributed by atoms with Crippen molar-refractivity contribution in [1.29, 1.82) is 0 Å². The van der Waals surface area contributed by atoms with Gasteiger partial charge >= 0.3 is 11.9 Å². The molecule has 0 aliphatic heterocycles. The number of unbranched alkanes of at least 4 members (excludes halogenated alkanes) is 1. The second-order valence-electron chi connectivity index (χ2n) is 9.70. The van der Waals surface area contributed by atoms with E-state index in [1.807, 2.05) is 0 Å². The number of hydrogen-bond acceptors (Lipinski definition) is 8. The number of aliphatic carboxylic acids is 2. The number of carboxylic acids is 2. The first-order valence-electron chi connectivity index (χ1n) is 12.9. The largest absolute Gasteiger partial charge is 0.508 e. The highest BCUT2D eigenvalue weighted by atomic mass is 16.4. The third-order valence-electron chi connectivity index (χ3n) is 5.89. The Morgan fingerprint density at radius 1 is 0.800 bits per heavy atom. The number of amides is 4. The number of carbonyl (C=O) groups excluding carboxylic acids is 4. The van der Waals surface area contributed by atoms with Gasteiger partial charge in [-0.2, -0.15) is 0 Å². The smallest absolute Gasteiger partial charge is 0.326 e. The Hall–Kier alpha value is -4.20. The highest BCUT2D eigenvalue weighted by Crippen LogP contribution is 2.12. The third kappa shape index (κ3) is 12.1. The Kier molecular flexibility index (Phi) is 14.1. The summed E-state index contributed by atoms with van der Waals surface area (Å²) in [7, 11) is 0. The Labute approximate surface area is 232 Å². The van der Waals surface area contributed by atoms with Crippen LogP contribution in [-0.4, -0.2) is 81.6 Å². The zero-order valence-corrected chi connectivity index (χ0v) is 22.8. The molecule has 222 valence electrons. The lowest BCUT2D eigenvalue weighted by Gasteiger charge is -2.27. The van der Waals surface area contributed by atoms with Crippen molar-refractivity contribution >= 4 is 35.6 Å². The van der Waals surface area contributed by atoms with E-state index in [0.717, 1.165) is 0 Å². The fraction of sp³-hybridized carbons (Fsp3) is 0.538. The Bertz CT molecular complexity index is 1050. The van der Waals surface area contributed by atoms with E-state index in [4.69, 9.17) is 5.73 Å². The van der Waals surface area contributed by atoms with Gasteiger partial charge in [0.05, 0.1) is 6.42 Å². The summed E-state index contributed by atoms with van der Waals surface area (Å²) in [5.74, 6) is -6.36. The molecule has 0 fully saturated rings. The number of carbonyl (C=O) groups is 6. The monoisotopic (exact) mass is 565 g/mol. The molecule has 14 nitrogen and oxygen atoms in total. The van der Waals surface area contributed by atoms with E-state index in [9.17, 15) is 44.1 Å². The average Bonchev–Trinajstić information content (AvgIpc) is 2.86. The van der Waals surface area contributed by atoms with Gasteiger partial charge in [0.2, 0.25) is 23.6 Å². The zero-order valence-electron chi connectivity index (χ0n) is 22.8. The van der Waals surface area contributed by atoms with E-state index in [1.165, 1.54) is 31.2 Å². The van der Waals surface area contributed by atoms with E-state index in [2.05, 4.69) is 21.3 Å². The quantitative estimate of drug-likeness (QED) is 0.110. The number of nitrogens with two attached hydrogens (primary N) is 1. The maximum atomic E-state index is 13.1. The summed E-state index contributed by atoms with van der Waals surface area (Å²) in [5, 5.41) is 38.0.